The largest absolute Gasteiger partial charge is 0.322 e. The molecular weight excluding hydrogens is 384 g/mol. The summed E-state index contributed by atoms with van der Waals surface area (Å²) in [7, 11) is 0. The van der Waals surface area contributed by atoms with E-state index in [1.54, 1.807) is 24.3 Å². The number of halogens is 3. The molecule has 18 heavy (non-hydrogen) atoms. The molecule has 0 aliphatic carbocycles. The van der Waals surface area contributed by atoms with Crippen molar-refractivity contribution in [3.05, 3.63) is 61.6 Å². The van der Waals surface area contributed by atoms with Gasteiger partial charge in [-0.1, -0.05) is 35.3 Å². The van der Waals surface area contributed by atoms with Gasteiger partial charge in [0.25, 0.3) is 5.91 Å². The predicted molar refractivity (Wildman–Crippen MR) is 83.6 cm³/mol. The van der Waals surface area contributed by atoms with Gasteiger partial charge in [-0.3, -0.25) is 4.79 Å². The summed E-state index contributed by atoms with van der Waals surface area (Å²) in [6.07, 6.45) is 0. The Balaban J connectivity index is 2.22. The molecular formula is C13H8Cl2INO. The van der Waals surface area contributed by atoms with Crippen LogP contribution in [-0.2, 0) is 0 Å². The van der Waals surface area contributed by atoms with Gasteiger partial charge in [0.05, 0.1) is 15.6 Å². The normalized spacial score (nSPS) is 10.2. The maximum absolute atomic E-state index is 12.0. The van der Waals surface area contributed by atoms with Crippen LogP contribution in [-0.4, -0.2) is 5.91 Å². The average Bonchev–Trinajstić information content (AvgIpc) is 2.34. The van der Waals surface area contributed by atoms with Gasteiger partial charge < -0.3 is 5.32 Å². The molecule has 0 saturated carbocycles. The van der Waals surface area contributed by atoms with Crippen molar-refractivity contribution in [2.24, 2.45) is 0 Å². The number of amides is 1. The minimum atomic E-state index is -0.168. The van der Waals surface area contributed by atoms with Crippen molar-refractivity contribution in [3.8, 4) is 0 Å². The number of benzene rings is 2. The first kappa shape index (κ1) is 13.6. The first-order valence-electron chi connectivity index (χ1n) is 5.09. The zero-order chi connectivity index (χ0) is 13.1. The highest BCUT2D eigenvalue weighted by Crippen LogP contribution is 2.25. The van der Waals surface area contributed by atoms with Gasteiger partial charge in [-0.05, 0) is 52.9 Å². The van der Waals surface area contributed by atoms with Gasteiger partial charge in [0, 0.05) is 9.26 Å². The van der Waals surface area contributed by atoms with E-state index < -0.39 is 0 Å². The van der Waals surface area contributed by atoms with Gasteiger partial charge in [0.2, 0.25) is 0 Å². The highest BCUT2D eigenvalue weighted by molar-refractivity contribution is 14.1. The van der Waals surface area contributed by atoms with Gasteiger partial charge in [0.15, 0.2) is 0 Å². The van der Waals surface area contributed by atoms with E-state index in [0.717, 1.165) is 3.57 Å². The van der Waals surface area contributed by atoms with Crippen LogP contribution in [0, 0.1) is 3.57 Å². The van der Waals surface area contributed by atoms with E-state index in [2.05, 4.69) is 27.9 Å². The number of rotatable bonds is 2. The Labute approximate surface area is 128 Å². The van der Waals surface area contributed by atoms with E-state index in [-0.39, 0.29) is 5.91 Å². The number of carbonyl (C=O) groups excluding carboxylic acids is 1. The second-order valence-corrected chi connectivity index (χ2v) is 5.54. The molecule has 0 aromatic heterocycles. The van der Waals surface area contributed by atoms with E-state index in [1.165, 1.54) is 0 Å². The van der Waals surface area contributed by atoms with Crippen molar-refractivity contribution in [2.45, 2.75) is 0 Å². The Kier molecular flexibility index (Phi) is 4.48. The summed E-state index contributed by atoms with van der Waals surface area (Å²) in [4.78, 5) is 12.0. The third-order valence-corrected chi connectivity index (χ3v) is 3.98. The van der Waals surface area contributed by atoms with Crippen LogP contribution in [0.15, 0.2) is 42.5 Å². The number of carbonyl (C=O) groups is 1. The smallest absolute Gasteiger partial charge is 0.256 e. The first-order valence-corrected chi connectivity index (χ1v) is 6.92. The molecule has 0 radical (unpaired) electrons. The Morgan fingerprint density at radius 1 is 1.06 bits per heavy atom. The number of nitrogens with one attached hydrogen (secondary N) is 1. The van der Waals surface area contributed by atoms with Gasteiger partial charge in [-0.25, -0.2) is 0 Å². The van der Waals surface area contributed by atoms with Gasteiger partial charge in [-0.2, -0.15) is 0 Å². The van der Waals surface area contributed by atoms with Crippen molar-refractivity contribution < 1.29 is 4.79 Å². The first-order chi connectivity index (χ1) is 8.58. The van der Waals surface area contributed by atoms with Crippen LogP contribution < -0.4 is 5.32 Å². The molecule has 1 N–H and O–H groups in total. The third kappa shape index (κ3) is 3.16. The van der Waals surface area contributed by atoms with Crippen molar-refractivity contribution in [3.63, 3.8) is 0 Å². The lowest BCUT2D eigenvalue weighted by molar-refractivity contribution is 0.102. The molecule has 2 rings (SSSR count). The van der Waals surface area contributed by atoms with E-state index in [1.807, 2.05) is 18.2 Å². The summed E-state index contributed by atoms with van der Waals surface area (Å²) >= 11 is 13.8. The summed E-state index contributed by atoms with van der Waals surface area (Å²) in [5.74, 6) is -0.168. The third-order valence-electron chi connectivity index (χ3n) is 2.30. The molecule has 92 valence electrons. The highest BCUT2D eigenvalue weighted by Gasteiger charge is 2.09. The van der Waals surface area contributed by atoms with E-state index in [9.17, 15) is 4.79 Å². The molecule has 0 bridgehead atoms. The standard InChI is InChI=1S/C13H8Cl2INO/c14-10-6-5-8(7-11(10)15)17-13(18)9-3-1-2-4-12(9)16/h1-7H,(H,17,18). The van der Waals surface area contributed by atoms with Crippen LogP contribution in [0.4, 0.5) is 5.69 Å². The molecule has 0 atom stereocenters. The maximum atomic E-state index is 12.0. The maximum Gasteiger partial charge on any atom is 0.256 e. The lowest BCUT2D eigenvalue weighted by Gasteiger charge is -2.07. The van der Waals surface area contributed by atoms with Gasteiger partial charge in [0.1, 0.15) is 0 Å². The summed E-state index contributed by atoms with van der Waals surface area (Å²) in [5, 5.41) is 3.66. The summed E-state index contributed by atoms with van der Waals surface area (Å²) in [6, 6.07) is 12.3. The topological polar surface area (TPSA) is 29.1 Å². The lowest BCUT2D eigenvalue weighted by Crippen LogP contribution is -2.13. The molecule has 0 aliphatic rings. The van der Waals surface area contributed by atoms with Crippen LogP contribution in [0.25, 0.3) is 0 Å². The minimum Gasteiger partial charge on any atom is -0.322 e. The van der Waals surface area contributed by atoms with E-state index in [0.29, 0.717) is 21.3 Å². The molecule has 2 nitrogen and oxygen atoms in total. The Morgan fingerprint density at radius 2 is 1.78 bits per heavy atom. The van der Waals surface area contributed by atoms with Gasteiger partial charge >= 0.3 is 0 Å². The predicted octanol–water partition coefficient (Wildman–Crippen LogP) is 4.85. The highest BCUT2D eigenvalue weighted by atomic mass is 127. The van der Waals surface area contributed by atoms with Crippen molar-refractivity contribution >= 4 is 57.4 Å². The molecule has 0 aliphatic heterocycles. The summed E-state index contributed by atoms with van der Waals surface area (Å²) in [6.45, 7) is 0. The summed E-state index contributed by atoms with van der Waals surface area (Å²) < 4.78 is 0.896. The van der Waals surface area contributed by atoms with Crippen LogP contribution in [0.3, 0.4) is 0 Å². The SMILES string of the molecule is O=C(Nc1ccc(Cl)c(Cl)c1)c1ccccc1I. The Morgan fingerprint density at radius 3 is 2.44 bits per heavy atom. The van der Waals surface area contributed by atoms with Crippen molar-refractivity contribution in [2.75, 3.05) is 5.32 Å². The van der Waals surface area contributed by atoms with Crippen molar-refractivity contribution in [1.29, 1.82) is 0 Å². The molecule has 0 fully saturated rings. The van der Waals surface area contributed by atoms with E-state index >= 15 is 0 Å². The zero-order valence-electron chi connectivity index (χ0n) is 9.08. The lowest BCUT2D eigenvalue weighted by atomic mass is 10.2. The van der Waals surface area contributed by atoms with E-state index in [4.69, 9.17) is 23.2 Å². The fourth-order valence-corrected chi connectivity index (χ4v) is 2.35. The van der Waals surface area contributed by atoms with Gasteiger partial charge in [-0.15, -0.1) is 0 Å². The quantitative estimate of drug-likeness (QED) is 0.728. The number of hydrogen-bond donors (Lipinski definition) is 1. The molecule has 2 aromatic carbocycles. The molecule has 2 aromatic rings. The fourth-order valence-electron chi connectivity index (χ4n) is 1.42. The second kappa shape index (κ2) is 5.91. The van der Waals surface area contributed by atoms with Crippen molar-refractivity contribution in [1.82, 2.24) is 0 Å². The molecule has 0 saturated heterocycles. The van der Waals surface area contributed by atoms with Crippen LogP contribution in [0.2, 0.25) is 10.0 Å². The van der Waals surface area contributed by atoms with Crippen LogP contribution in [0.1, 0.15) is 10.4 Å². The Hall–Kier alpha value is -0.780. The second-order valence-electron chi connectivity index (χ2n) is 3.56. The summed E-state index contributed by atoms with van der Waals surface area (Å²) in [5.41, 5.74) is 1.25. The minimum absolute atomic E-state index is 0.168. The number of hydrogen-bond acceptors (Lipinski definition) is 1. The molecule has 0 heterocycles. The van der Waals surface area contributed by atoms with Crippen LogP contribution >= 0.6 is 45.8 Å². The van der Waals surface area contributed by atoms with Crippen LogP contribution in [0.5, 0.6) is 0 Å². The zero-order valence-corrected chi connectivity index (χ0v) is 12.8. The number of anilines is 1. The average molecular weight is 392 g/mol. The molecule has 0 spiro atoms. The Bertz CT molecular complexity index is 601. The molecule has 1 amide bonds. The molecule has 0 unspecified atom stereocenters. The fraction of sp³-hybridized carbons (Fsp3) is 0. The monoisotopic (exact) mass is 391 g/mol. The molecule has 5 heteroatoms.